The van der Waals surface area contributed by atoms with E-state index in [1.807, 2.05) is 12.1 Å². The SMILES string of the molecule is COC(=O)[C@]12CCC(C)(C)C[C@H]1C1=CC[C@@H]3[C@@]4(C)CC/C(=N\OC(=O)CCCCC(=O)Oc5c(OC)ccc6c5[C@@]57CCC(C)[C@@H](C6)C5=C(OC)C(OC(C)=O)C(OC(C)=O)C7)C(C)(C)[C@@H]4CC[C@@]3(C)[C@]1(C)CC2. The van der Waals surface area contributed by atoms with Gasteiger partial charge in [0.05, 0.1) is 32.5 Å². The van der Waals surface area contributed by atoms with E-state index < -0.39 is 46.9 Å². The largest absolute Gasteiger partial charge is 0.497 e. The fourth-order valence-corrected chi connectivity index (χ4v) is 17.8. The van der Waals surface area contributed by atoms with Crippen LogP contribution in [-0.4, -0.2) is 69.1 Å². The molecular formula is C61H85NO12. The number of allylic oxidation sites excluding steroid dienone is 3. The van der Waals surface area contributed by atoms with Crippen LogP contribution in [0.15, 0.2) is 40.3 Å². The molecule has 8 aliphatic carbocycles. The van der Waals surface area contributed by atoms with Crippen molar-refractivity contribution in [2.45, 2.75) is 202 Å². The zero-order valence-corrected chi connectivity index (χ0v) is 46.8. The smallest absolute Gasteiger partial charge is 0.335 e. The lowest BCUT2D eigenvalue weighted by Crippen LogP contribution is -2.64. The fourth-order valence-electron chi connectivity index (χ4n) is 17.8. The Morgan fingerprint density at radius 2 is 1.46 bits per heavy atom. The van der Waals surface area contributed by atoms with Gasteiger partial charge in [-0.2, -0.15) is 0 Å². The summed E-state index contributed by atoms with van der Waals surface area (Å²) in [4.78, 5) is 71.6. The molecule has 0 heterocycles. The van der Waals surface area contributed by atoms with Gasteiger partial charge in [-0.25, -0.2) is 4.79 Å². The number of hydrogen-bond acceptors (Lipinski definition) is 13. The third-order valence-electron chi connectivity index (χ3n) is 21.7. The molecule has 0 aliphatic heterocycles. The molecule has 8 aliphatic rings. The average molecular weight is 1020 g/mol. The molecule has 9 rings (SSSR count). The molecular weight excluding hydrogens is 939 g/mol. The summed E-state index contributed by atoms with van der Waals surface area (Å²) in [6.07, 6.45) is 14.1. The number of nitrogens with zero attached hydrogens (tertiary/aromatic N) is 1. The molecule has 0 aromatic heterocycles. The number of carbonyl (C=O) groups is 5. The van der Waals surface area contributed by atoms with Gasteiger partial charge in [-0.15, -0.1) is 0 Å². The first-order chi connectivity index (χ1) is 34.9. The molecule has 13 nitrogen and oxygen atoms in total. The molecule has 5 saturated carbocycles. The molecule has 406 valence electrons. The minimum atomic E-state index is -0.917. The van der Waals surface area contributed by atoms with Gasteiger partial charge in [0.2, 0.25) is 0 Å². The number of rotatable bonds is 12. The first-order valence-corrected chi connectivity index (χ1v) is 28.0. The Morgan fingerprint density at radius 3 is 2.14 bits per heavy atom. The number of fused-ring (bicyclic) bond motifs is 8. The zero-order valence-electron chi connectivity index (χ0n) is 46.8. The molecule has 0 saturated heterocycles. The maximum absolute atomic E-state index is 13.9. The zero-order chi connectivity index (χ0) is 53.6. The Labute approximate surface area is 440 Å². The van der Waals surface area contributed by atoms with E-state index in [9.17, 15) is 24.0 Å². The van der Waals surface area contributed by atoms with Crippen molar-refractivity contribution in [2.24, 2.45) is 67.2 Å². The van der Waals surface area contributed by atoms with Gasteiger partial charge in [-0.3, -0.25) is 19.2 Å². The van der Waals surface area contributed by atoms with E-state index in [4.69, 9.17) is 33.3 Å². The quantitative estimate of drug-likeness (QED) is 0.0371. The van der Waals surface area contributed by atoms with E-state index in [1.165, 1.54) is 19.4 Å². The number of ether oxygens (including phenoxy) is 6. The van der Waals surface area contributed by atoms with Crippen molar-refractivity contribution in [1.29, 1.82) is 0 Å². The highest BCUT2D eigenvalue weighted by atomic mass is 16.7. The Morgan fingerprint density at radius 1 is 0.757 bits per heavy atom. The standard InChI is InChI=1S/C61H85NO12/c1-35-22-27-61-34-43(71-36(2)63)52(72-37(3)64)53(69-12)50(61)39(35)32-38-18-20-42(68-11)51(49(38)61)73-47(65)16-14-15-17-48(66)74-62-46-24-25-57(8)44(56(46,6)7)23-26-59(10)45(57)21-19-40-41-33-55(4,5)28-30-60(41,54(67)70-13)31-29-58(40,59)9/h18-20,35,39,41,43-45,52H,14-17,21-34H2,1-13H3/b62-46+/t35?,39-,41+,43?,44+,45-,52?,57+,58-,59-,60+,61+/m1/s1. The Bertz CT molecular complexity index is 2560. The third kappa shape index (κ3) is 8.53. The van der Waals surface area contributed by atoms with Crippen LogP contribution in [0, 0.1) is 62.1 Å². The number of carbonyl (C=O) groups excluding carboxylic acids is 5. The number of unbranched alkanes of at least 4 members (excludes halogenated alkanes) is 1. The fraction of sp³-hybridized carbons (Fsp3) is 0.738. The van der Waals surface area contributed by atoms with E-state index in [2.05, 4.69) is 66.6 Å². The van der Waals surface area contributed by atoms with Crippen LogP contribution in [0.25, 0.3) is 0 Å². The first kappa shape index (κ1) is 54.1. The van der Waals surface area contributed by atoms with Gasteiger partial charge in [-0.05, 0) is 165 Å². The lowest BCUT2D eigenvalue weighted by atomic mass is 9.33. The molecule has 74 heavy (non-hydrogen) atoms. The number of methoxy groups -OCH3 is 3. The summed E-state index contributed by atoms with van der Waals surface area (Å²) in [5, 5.41) is 4.63. The Balaban J connectivity index is 0.857. The molecule has 2 bridgehead atoms. The van der Waals surface area contributed by atoms with Crippen LogP contribution >= 0.6 is 0 Å². The minimum Gasteiger partial charge on any atom is -0.497 e. The van der Waals surface area contributed by atoms with E-state index in [1.54, 1.807) is 21.3 Å². The second kappa shape index (κ2) is 19.4. The van der Waals surface area contributed by atoms with Gasteiger partial charge in [-0.1, -0.05) is 78.3 Å². The number of esters is 4. The number of oxime groups is 1. The van der Waals surface area contributed by atoms with Crippen molar-refractivity contribution in [3.63, 3.8) is 0 Å². The minimum absolute atomic E-state index is 0.00241. The summed E-state index contributed by atoms with van der Waals surface area (Å²) in [7, 11) is 4.67. The lowest BCUT2D eigenvalue weighted by molar-refractivity contribution is -0.181. The molecule has 3 unspecified atom stereocenters. The normalized spacial score (nSPS) is 37.7. The van der Waals surface area contributed by atoms with Gasteiger partial charge in [0.25, 0.3) is 0 Å². The van der Waals surface area contributed by atoms with E-state index in [-0.39, 0.29) is 63.6 Å². The Hall–Kier alpha value is -4.68. The van der Waals surface area contributed by atoms with Crippen LogP contribution in [-0.2, 0) is 59.6 Å². The first-order valence-electron chi connectivity index (χ1n) is 28.0. The Kier molecular flexibility index (Phi) is 14.2. The maximum Gasteiger partial charge on any atom is 0.335 e. The van der Waals surface area contributed by atoms with Crippen molar-refractivity contribution >= 4 is 35.6 Å². The van der Waals surface area contributed by atoms with Gasteiger partial charge in [0, 0.05) is 49.5 Å². The predicted octanol–water partition coefficient (Wildman–Crippen LogP) is 12.0. The molecule has 0 radical (unpaired) electrons. The van der Waals surface area contributed by atoms with Crippen molar-refractivity contribution in [3.8, 4) is 11.5 Å². The molecule has 13 heteroatoms. The summed E-state index contributed by atoms with van der Waals surface area (Å²) in [5.41, 5.74) is 4.17. The monoisotopic (exact) mass is 1020 g/mol. The van der Waals surface area contributed by atoms with Crippen LogP contribution in [0.2, 0.25) is 0 Å². The predicted molar refractivity (Wildman–Crippen MR) is 279 cm³/mol. The summed E-state index contributed by atoms with van der Waals surface area (Å²) < 4.78 is 35.6. The highest BCUT2D eigenvalue weighted by molar-refractivity contribution is 5.91. The van der Waals surface area contributed by atoms with Crippen molar-refractivity contribution in [1.82, 2.24) is 0 Å². The average Bonchev–Trinajstić information content (AvgIpc) is 3.33. The second-order valence-corrected chi connectivity index (χ2v) is 26.2. The molecule has 0 spiro atoms. The topological polar surface area (TPSA) is 162 Å². The van der Waals surface area contributed by atoms with Crippen molar-refractivity contribution in [2.75, 3.05) is 21.3 Å². The highest BCUT2D eigenvalue weighted by Gasteiger charge is 2.69. The van der Waals surface area contributed by atoms with E-state index in [0.29, 0.717) is 61.2 Å². The highest BCUT2D eigenvalue weighted by Crippen LogP contribution is 2.76. The summed E-state index contributed by atoms with van der Waals surface area (Å²) in [5.74, 6) is 0.705. The van der Waals surface area contributed by atoms with Crippen LogP contribution in [0.4, 0.5) is 0 Å². The molecule has 12 atom stereocenters. The summed E-state index contributed by atoms with van der Waals surface area (Å²) in [6.45, 7) is 21.9. The molecule has 1 aromatic rings. The summed E-state index contributed by atoms with van der Waals surface area (Å²) in [6, 6.07) is 3.87. The molecule has 0 amide bonds. The lowest BCUT2D eigenvalue weighted by Gasteiger charge is -2.70. The van der Waals surface area contributed by atoms with Gasteiger partial charge < -0.3 is 33.3 Å². The van der Waals surface area contributed by atoms with Crippen LogP contribution in [0.1, 0.15) is 190 Å². The van der Waals surface area contributed by atoms with Gasteiger partial charge in [0.15, 0.2) is 17.6 Å². The van der Waals surface area contributed by atoms with Crippen molar-refractivity contribution < 1.29 is 57.2 Å². The summed E-state index contributed by atoms with van der Waals surface area (Å²) >= 11 is 0. The molecule has 5 fully saturated rings. The maximum atomic E-state index is 13.9. The molecule has 0 N–H and O–H groups in total. The number of benzene rings is 1. The van der Waals surface area contributed by atoms with Crippen LogP contribution in [0.3, 0.4) is 0 Å². The van der Waals surface area contributed by atoms with Crippen molar-refractivity contribution in [3.05, 3.63) is 46.2 Å². The second-order valence-electron chi connectivity index (χ2n) is 26.2. The van der Waals surface area contributed by atoms with E-state index in [0.717, 1.165) is 93.0 Å². The van der Waals surface area contributed by atoms with E-state index >= 15 is 0 Å². The van der Waals surface area contributed by atoms with Crippen LogP contribution in [0.5, 0.6) is 11.5 Å². The van der Waals surface area contributed by atoms with Crippen LogP contribution < -0.4 is 9.47 Å². The van der Waals surface area contributed by atoms with Gasteiger partial charge in [0.1, 0.15) is 11.9 Å². The number of hydrogen-bond donors (Lipinski definition) is 0. The third-order valence-corrected chi connectivity index (χ3v) is 21.7. The van der Waals surface area contributed by atoms with Gasteiger partial charge >= 0.3 is 29.8 Å². The molecule has 1 aromatic carbocycles.